The molecule has 0 bridgehead atoms. The Balaban J connectivity index is 1.78. The molecule has 20 heavy (non-hydrogen) atoms. The summed E-state index contributed by atoms with van der Waals surface area (Å²) in [6.45, 7) is 3.01. The summed E-state index contributed by atoms with van der Waals surface area (Å²) in [5.74, 6) is 0.702. The Bertz CT molecular complexity index is 557. The minimum Gasteiger partial charge on any atom is -0.326 e. The van der Waals surface area contributed by atoms with Gasteiger partial charge in [0, 0.05) is 13.1 Å². The van der Waals surface area contributed by atoms with Gasteiger partial charge in [0.15, 0.2) is 0 Å². The van der Waals surface area contributed by atoms with Crippen LogP contribution in [0, 0.1) is 0 Å². The number of likely N-dealkylation sites (N-methyl/N-ethyl adjacent to an activating group) is 1. The highest BCUT2D eigenvalue weighted by Gasteiger charge is 2.20. The minimum absolute atomic E-state index is 0.606. The SMILES string of the molecule is CN1CCC(c2ccc(-c3ccc(CN)cc3)cc2)C1. The Morgan fingerprint density at radius 1 is 1.00 bits per heavy atom. The van der Waals surface area contributed by atoms with E-state index in [0.717, 1.165) is 0 Å². The normalized spacial score (nSPS) is 19.4. The fourth-order valence-corrected chi connectivity index (χ4v) is 2.99. The van der Waals surface area contributed by atoms with E-state index in [1.807, 2.05) is 0 Å². The summed E-state index contributed by atoms with van der Waals surface area (Å²) in [6, 6.07) is 17.6. The second-order valence-electron chi connectivity index (χ2n) is 5.77. The van der Waals surface area contributed by atoms with Gasteiger partial charge >= 0.3 is 0 Å². The van der Waals surface area contributed by atoms with Crippen LogP contribution < -0.4 is 5.73 Å². The lowest BCUT2D eigenvalue weighted by molar-refractivity contribution is 0.411. The molecule has 3 rings (SSSR count). The number of benzene rings is 2. The van der Waals surface area contributed by atoms with E-state index in [-0.39, 0.29) is 0 Å². The predicted molar refractivity (Wildman–Crippen MR) is 84.6 cm³/mol. The Morgan fingerprint density at radius 3 is 2.10 bits per heavy atom. The van der Waals surface area contributed by atoms with Crippen molar-refractivity contribution in [1.82, 2.24) is 4.90 Å². The molecule has 0 aromatic heterocycles. The third-order valence-corrected chi connectivity index (χ3v) is 4.30. The molecule has 0 aliphatic carbocycles. The molecule has 1 unspecified atom stereocenters. The van der Waals surface area contributed by atoms with Gasteiger partial charge in [-0.05, 0) is 48.2 Å². The average molecular weight is 266 g/mol. The molecular formula is C18H22N2. The summed E-state index contributed by atoms with van der Waals surface area (Å²) in [5, 5.41) is 0. The Kier molecular flexibility index (Phi) is 3.86. The van der Waals surface area contributed by atoms with Gasteiger partial charge in [-0.2, -0.15) is 0 Å². The molecule has 1 aliphatic rings. The van der Waals surface area contributed by atoms with Gasteiger partial charge in [0.25, 0.3) is 0 Å². The van der Waals surface area contributed by atoms with E-state index in [4.69, 9.17) is 5.73 Å². The molecule has 2 nitrogen and oxygen atoms in total. The van der Waals surface area contributed by atoms with Crippen LogP contribution >= 0.6 is 0 Å². The van der Waals surface area contributed by atoms with E-state index < -0.39 is 0 Å². The molecule has 1 atom stereocenters. The number of rotatable bonds is 3. The van der Waals surface area contributed by atoms with Crippen LogP contribution in [0.2, 0.25) is 0 Å². The van der Waals surface area contributed by atoms with Gasteiger partial charge < -0.3 is 10.6 Å². The van der Waals surface area contributed by atoms with Crippen LogP contribution in [0.15, 0.2) is 48.5 Å². The number of nitrogens with zero attached hydrogens (tertiary/aromatic N) is 1. The molecule has 0 amide bonds. The fraction of sp³-hybridized carbons (Fsp3) is 0.333. The Hall–Kier alpha value is -1.64. The summed E-state index contributed by atoms with van der Waals surface area (Å²) in [7, 11) is 2.20. The molecule has 104 valence electrons. The quantitative estimate of drug-likeness (QED) is 0.924. The predicted octanol–water partition coefficient (Wildman–Crippen LogP) is 3.23. The van der Waals surface area contributed by atoms with Crippen LogP contribution in [0.5, 0.6) is 0 Å². The first-order valence-corrected chi connectivity index (χ1v) is 7.34. The second kappa shape index (κ2) is 5.78. The van der Waals surface area contributed by atoms with Crippen molar-refractivity contribution in [3.05, 3.63) is 59.7 Å². The molecular weight excluding hydrogens is 244 g/mol. The van der Waals surface area contributed by atoms with Crippen molar-refractivity contribution in [1.29, 1.82) is 0 Å². The summed E-state index contributed by atoms with van der Waals surface area (Å²) in [4.78, 5) is 2.41. The molecule has 0 radical (unpaired) electrons. The Labute approximate surface area is 121 Å². The molecule has 2 aromatic carbocycles. The van der Waals surface area contributed by atoms with Crippen molar-refractivity contribution < 1.29 is 0 Å². The smallest absolute Gasteiger partial charge is 0.0178 e. The first kappa shape index (κ1) is 13.3. The van der Waals surface area contributed by atoms with Crippen molar-refractivity contribution in [3.8, 4) is 11.1 Å². The maximum atomic E-state index is 5.64. The molecule has 0 spiro atoms. The lowest BCUT2D eigenvalue weighted by Gasteiger charge is -2.11. The van der Waals surface area contributed by atoms with Crippen molar-refractivity contribution in [2.45, 2.75) is 18.9 Å². The number of likely N-dealkylation sites (tertiary alicyclic amines) is 1. The van der Waals surface area contributed by atoms with Crippen molar-refractivity contribution in [2.75, 3.05) is 20.1 Å². The molecule has 1 heterocycles. The zero-order valence-electron chi connectivity index (χ0n) is 12.0. The van der Waals surface area contributed by atoms with Crippen molar-refractivity contribution >= 4 is 0 Å². The van der Waals surface area contributed by atoms with E-state index in [1.165, 1.54) is 41.8 Å². The molecule has 1 fully saturated rings. The number of nitrogens with two attached hydrogens (primary N) is 1. The maximum Gasteiger partial charge on any atom is 0.0178 e. The highest BCUT2D eigenvalue weighted by Crippen LogP contribution is 2.28. The molecule has 0 saturated carbocycles. The molecule has 2 N–H and O–H groups in total. The summed E-state index contributed by atoms with van der Waals surface area (Å²) >= 11 is 0. The van der Waals surface area contributed by atoms with E-state index in [9.17, 15) is 0 Å². The van der Waals surface area contributed by atoms with Gasteiger partial charge in [-0.25, -0.2) is 0 Å². The summed E-state index contributed by atoms with van der Waals surface area (Å²) in [5.41, 5.74) is 10.8. The number of hydrogen-bond acceptors (Lipinski definition) is 2. The monoisotopic (exact) mass is 266 g/mol. The zero-order chi connectivity index (χ0) is 13.9. The third kappa shape index (κ3) is 2.77. The fourth-order valence-electron chi connectivity index (χ4n) is 2.99. The van der Waals surface area contributed by atoms with E-state index >= 15 is 0 Å². The third-order valence-electron chi connectivity index (χ3n) is 4.30. The summed E-state index contributed by atoms with van der Waals surface area (Å²) in [6.07, 6.45) is 1.28. The summed E-state index contributed by atoms with van der Waals surface area (Å²) < 4.78 is 0. The van der Waals surface area contributed by atoms with Crippen molar-refractivity contribution in [3.63, 3.8) is 0 Å². The first-order valence-electron chi connectivity index (χ1n) is 7.34. The van der Waals surface area contributed by atoms with Crippen LogP contribution in [0.25, 0.3) is 11.1 Å². The van der Waals surface area contributed by atoms with E-state index in [1.54, 1.807) is 0 Å². The van der Waals surface area contributed by atoms with Crippen molar-refractivity contribution in [2.24, 2.45) is 5.73 Å². The topological polar surface area (TPSA) is 29.3 Å². The largest absolute Gasteiger partial charge is 0.326 e. The Morgan fingerprint density at radius 2 is 1.60 bits per heavy atom. The lowest BCUT2D eigenvalue weighted by atomic mass is 9.95. The maximum absolute atomic E-state index is 5.64. The second-order valence-corrected chi connectivity index (χ2v) is 5.77. The molecule has 1 saturated heterocycles. The highest BCUT2D eigenvalue weighted by molar-refractivity contribution is 5.64. The standard InChI is InChI=1S/C18H22N2/c1-20-11-10-18(13-20)17-8-6-16(7-9-17)15-4-2-14(12-19)3-5-15/h2-9,18H,10-13,19H2,1H3. The molecule has 2 heteroatoms. The number of hydrogen-bond donors (Lipinski definition) is 1. The first-order chi connectivity index (χ1) is 9.76. The molecule has 1 aliphatic heterocycles. The van der Waals surface area contributed by atoms with Gasteiger partial charge in [0.2, 0.25) is 0 Å². The van der Waals surface area contributed by atoms with Gasteiger partial charge in [-0.3, -0.25) is 0 Å². The van der Waals surface area contributed by atoms with Gasteiger partial charge in [-0.15, -0.1) is 0 Å². The van der Waals surface area contributed by atoms with Crippen LogP contribution in [-0.4, -0.2) is 25.0 Å². The van der Waals surface area contributed by atoms with E-state index in [0.29, 0.717) is 12.5 Å². The van der Waals surface area contributed by atoms with E-state index in [2.05, 4.69) is 60.5 Å². The lowest BCUT2D eigenvalue weighted by Crippen LogP contribution is -2.13. The van der Waals surface area contributed by atoms with Crippen LogP contribution in [-0.2, 0) is 6.54 Å². The highest BCUT2D eigenvalue weighted by atomic mass is 15.1. The molecule has 2 aromatic rings. The van der Waals surface area contributed by atoms with Crippen LogP contribution in [0.4, 0.5) is 0 Å². The van der Waals surface area contributed by atoms with Gasteiger partial charge in [0.05, 0.1) is 0 Å². The minimum atomic E-state index is 0.606. The van der Waals surface area contributed by atoms with Crippen LogP contribution in [0.1, 0.15) is 23.5 Å². The average Bonchev–Trinajstić information content (AvgIpc) is 2.94. The van der Waals surface area contributed by atoms with Crippen LogP contribution in [0.3, 0.4) is 0 Å². The van der Waals surface area contributed by atoms with Gasteiger partial charge in [-0.1, -0.05) is 48.5 Å². The zero-order valence-corrected chi connectivity index (χ0v) is 12.0. The van der Waals surface area contributed by atoms with Gasteiger partial charge in [0.1, 0.15) is 0 Å².